The van der Waals surface area contributed by atoms with Crippen molar-refractivity contribution in [2.75, 3.05) is 14.2 Å². The summed E-state index contributed by atoms with van der Waals surface area (Å²) in [5.74, 6) is 0.723. The maximum absolute atomic E-state index is 4.85. The first-order chi connectivity index (χ1) is 5.29. The second-order valence-corrected chi connectivity index (χ2v) is 2.14. The molecule has 1 rings (SSSR count). The fraction of sp³-hybridized carbons (Fsp3) is 0.333. The largest absolute Gasteiger partial charge is 1.00 e. The molecular weight excluding hydrogens is 187 g/mol. The summed E-state index contributed by atoms with van der Waals surface area (Å²) in [7, 11) is 2.99. The molecule has 0 saturated heterocycles. The van der Waals surface area contributed by atoms with Gasteiger partial charge in [0.1, 0.15) is 11.8 Å². The molecule has 0 aliphatic rings. The number of nitrogens with zero attached hydrogens (tertiary/aromatic N) is 2. The minimum absolute atomic E-state index is 0. The number of rotatable bonds is 2. The van der Waals surface area contributed by atoms with Gasteiger partial charge in [-0.2, -0.15) is 12.6 Å². The molecule has 6 heteroatoms. The molecule has 12 heavy (non-hydrogen) atoms. The number of aromatic nitrogens is 2. The summed E-state index contributed by atoms with van der Waals surface area (Å²) >= 11 is 4.08. The molecule has 4 nitrogen and oxygen atoms in total. The molecule has 0 atom stereocenters. The maximum atomic E-state index is 4.85. The second kappa shape index (κ2) is 5.64. The van der Waals surface area contributed by atoms with E-state index < -0.39 is 0 Å². The van der Waals surface area contributed by atoms with Crippen LogP contribution in [0.15, 0.2) is 4.90 Å². The summed E-state index contributed by atoms with van der Waals surface area (Å²) in [6, 6.07) is 0. The van der Waals surface area contributed by atoms with E-state index in [1.807, 2.05) is 0 Å². The van der Waals surface area contributed by atoms with Gasteiger partial charge in [-0.15, -0.1) is 0 Å². The fourth-order valence-electron chi connectivity index (χ4n) is 0.598. The van der Waals surface area contributed by atoms with Gasteiger partial charge in [0.2, 0.25) is 0 Å². The van der Waals surface area contributed by atoms with E-state index in [0.29, 0.717) is 16.7 Å². The van der Waals surface area contributed by atoms with Crippen LogP contribution in [0.1, 0.15) is 0 Å². The summed E-state index contributed by atoms with van der Waals surface area (Å²) < 4.78 is 9.70. The van der Waals surface area contributed by atoms with Crippen molar-refractivity contribution >= 4 is 12.6 Å². The van der Waals surface area contributed by atoms with E-state index in [-0.39, 0.29) is 29.6 Å². The molecule has 0 bridgehead atoms. The summed E-state index contributed by atoms with van der Waals surface area (Å²) in [6.45, 7) is 0. The van der Waals surface area contributed by atoms with E-state index in [0.717, 1.165) is 0 Å². The molecular formula is C6H7N2NaO2S. The normalized spacial score (nSPS) is 8.58. The topological polar surface area (TPSA) is 44.2 Å². The summed E-state index contributed by atoms with van der Waals surface area (Å²) in [4.78, 5) is 7.86. The predicted molar refractivity (Wildman–Crippen MR) is 41.2 cm³/mol. The number of methoxy groups -OCH3 is 2. The van der Waals surface area contributed by atoms with Crippen molar-refractivity contribution in [1.29, 1.82) is 0 Å². The van der Waals surface area contributed by atoms with Crippen molar-refractivity contribution in [2.24, 2.45) is 0 Å². The number of ether oxygens (including phenoxy) is 2. The average Bonchev–Trinajstić information content (AvgIpc) is 2.05. The van der Waals surface area contributed by atoms with Gasteiger partial charge >= 0.3 is 29.6 Å². The van der Waals surface area contributed by atoms with E-state index >= 15 is 0 Å². The van der Waals surface area contributed by atoms with E-state index in [2.05, 4.69) is 28.9 Å². The van der Waals surface area contributed by atoms with Crippen LogP contribution in [-0.2, 0) is 0 Å². The van der Waals surface area contributed by atoms with Gasteiger partial charge in [-0.25, -0.2) is 0 Å². The molecule has 0 radical (unpaired) electrons. The van der Waals surface area contributed by atoms with Crippen LogP contribution in [-0.4, -0.2) is 24.2 Å². The van der Waals surface area contributed by atoms with Crippen LogP contribution >= 0.6 is 12.6 Å². The Kier molecular flexibility index (Phi) is 5.65. The Bertz CT molecular complexity index is 237. The van der Waals surface area contributed by atoms with Gasteiger partial charge in [0.15, 0.2) is 0 Å². The monoisotopic (exact) mass is 194 g/mol. The van der Waals surface area contributed by atoms with Crippen molar-refractivity contribution in [3.05, 3.63) is 6.33 Å². The van der Waals surface area contributed by atoms with Crippen LogP contribution in [0.3, 0.4) is 0 Å². The minimum Gasteiger partial charge on any atom is -0.537 e. The molecule has 0 aliphatic heterocycles. The smallest absolute Gasteiger partial charge is 0.537 e. The van der Waals surface area contributed by atoms with Gasteiger partial charge in [0, 0.05) is 11.2 Å². The number of hydrogen-bond donors (Lipinski definition) is 1. The van der Waals surface area contributed by atoms with Crippen molar-refractivity contribution < 1.29 is 39.0 Å². The third kappa shape index (κ3) is 2.52. The quantitative estimate of drug-likeness (QED) is 0.323. The minimum atomic E-state index is 0. The first-order valence-electron chi connectivity index (χ1n) is 2.84. The van der Waals surface area contributed by atoms with E-state index in [1.54, 1.807) is 0 Å². The van der Waals surface area contributed by atoms with Crippen molar-refractivity contribution in [2.45, 2.75) is 4.90 Å². The van der Waals surface area contributed by atoms with Gasteiger partial charge < -0.3 is 19.4 Å². The molecule has 0 N–H and O–H groups in total. The van der Waals surface area contributed by atoms with Gasteiger partial charge in [0.25, 0.3) is 0 Å². The number of hydrogen-bond acceptors (Lipinski definition) is 5. The van der Waals surface area contributed by atoms with Crippen LogP contribution in [0.4, 0.5) is 0 Å². The zero-order valence-electron chi connectivity index (χ0n) is 7.16. The van der Waals surface area contributed by atoms with Crippen LogP contribution in [0, 0.1) is 6.33 Å². The third-order valence-corrected chi connectivity index (χ3v) is 1.48. The standard InChI is InChI=1S/C6H7N2O2S.Na/c1-9-5-4(11)6(10-2)8-3-7-5;/h11H,1-2H3;/q-1;+1. The number of thiol groups is 1. The van der Waals surface area contributed by atoms with E-state index in [1.165, 1.54) is 14.2 Å². The molecule has 0 unspecified atom stereocenters. The van der Waals surface area contributed by atoms with Gasteiger partial charge in [-0.3, -0.25) is 0 Å². The Morgan fingerprint density at radius 1 is 1.17 bits per heavy atom. The molecule has 60 valence electrons. The Hall–Kier alpha value is 0.0300. The molecule has 0 aliphatic carbocycles. The average molecular weight is 194 g/mol. The summed E-state index contributed by atoms with van der Waals surface area (Å²) in [5, 5.41) is 0. The van der Waals surface area contributed by atoms with Crippen LogP contribution in [0.5, 0.6) is 11.8 Å². The molecule has 0 spiro atoms. The zero-order chi connectivity index (χ0) is 8.27. The van der Waals surface area contributed by atoms with Crippen LogP contribution in [0.25, 0.3) is 0 Å². The maximum Gasteiger partial charge on any atom is 1.00 e. The molecule has 0 amide bonds. The van der Waals surface area contributed by atoms with Crippen LogP contribution in [0.2, 0.25) is 0 Å². The molecule has 1 heterocycles. The van der Waals surface area contributed by atoms with Crippen LogP contribution < -0.4 is 39.0 Å². The van der Waals surface area contributed by atoms with E-state index in [9.17, 15) is 0 Å². The first kappa shape index (κ1) is 12.0. The summed E-state index contributed by atoms with van der Waals surface area (Å²) in [5.41, 5.74) is 0. The molecule has 1 aromatic heterocycles. The van der Waals surface area contributed by atoms with Gasteiger partial charge in [0.05, 0.1) is 14.2 Å². The van der Waals surface area contributed by atoms with Gasteiger partial charge in [-0.1, -0.05) is 0 Å². The van der Waals surface area contributed by atoms with E-state index in [4.69, 9.17) is 9.47 Å². The SMILES string of the molecule is COc1n[c-]nc(OC)c1S.[Na+]. The predicted octanol–water partition coefficient (Wildman–Crippen LogP) is -2.41. The Morgan fingerprint density at radius 3 is 1.92 bits per heavy atom. The van der Waals surface area contributed by atoms with Crippen molar-refractivity contribution in [3.63, 3.8) is 0 Å². The summed E-state index contributed by atoms with van der Waals surface area (Å²) in [6.07, 6.45) is 2.37. The zero-order valence-corrected chi connectivity index (χ0v) is 10.1. The molecule has 1 aromatic rings. The molecule has 0 fully saturated rings. The third-order valence-electron chi connectivity index (χ3n) is 1.09. The fourth-order valence-corrected chi connectivity index (χ4v) is 0.880. The second-order valence-electron chi connectivity index (χ2n) is 1.69. The van der Waals surface area contributed by atoms with Crippen molar-refractivity contribution in [1.82, 2.24) is 9.97 Å². The Labute approximate surface area is 98.4 Å². The van der Waals surface area contributed by atoms with Gasteiger partial charge in [-0.05, 0) is 0 Å². The Balaban J connectivity index is 0.00000121. The van der Waals surface area contributed by atoms with Crippen molar-refractivity contribution in [3.8, 4) is 11.8 Å². The first-order valence-corrected chi connectivity index (χ1v) is 3.29. The Morgan fingerprint density at radius 2 is 1.58 bits per heavy atom. The molecule has 0 aromatic carbocycles. The molecule has 0 saturated carbocycles.